The average molecular weight is 446 g/mol. The molecule has 0 aliphatic heterocycles. The zero-order valence-electron chi connectivity index (χ0n) is 19.5. The molecule has 0 atom stereocenters. The molecule has 0 aliphatic carbocycles. The van der Waals surface area contributed by atoms with Gasteiger partial charge >= 0.3 is 0 Å². The predicted octanol–water partition coefficient (Wildman–Crippen LogP) is 5.27. The van der Waals surface area contributed by atoms with E-state index in [0.717, 1.165) is 17.8 Å². The van der Waals surface area contributed by atoms with Gasteiger partial charge in [0.25, 0.3) is 5.56 Å². The second-order valence-corrected chi connectivity index (χ2v) is 6.30. The number of aryl methyl sites for hydroxylation is 2. The second kappa shape index (κ2) is 12.4. The van der Waals surface area contributed by atoms with Crippen LogP contribution in [0.25, 0.3) is 5.69 Å². The molecule has 32 heavy (non-hydrogen) atoms. The molecule has 3 heterocycles. The number of aromatic nitrogens is 3. The number of halogens is 2. The lowest BCUT2D eigenvalue weighted by molar-refractivity contribution is 0.111. The van der Waals surface area contributed by atoms with Gasteiger partial charge in [-0.15, -0.1) is 0 Å². The second-order valence-electron chi connectivity index (χ2n) is 6.30. The lowest BCUT2D eigenvalue weighted by Crippen LogP contribution is -2.24. The van der Waals surface area contributed by atoms with Crippen molar-refractivity contribution in [2.75, 3.05) is 0 Å². The van der Waals surface area contributed by atoms with Crippen LogP contribution in [-0.4, -0.2) is 20.8 Å². The van der Waals surface area contributed by atoms with E-state index in [1.165, 1.54) is 16.8 Å². The molecule has 0 amide bonds. The van der Waals surface area contributed by atoms with Crippen molar-refractivity contribution in [3.8, 4) is 11.4 Å². The Morgan fingerprint density at radius 3 is 2.25 bits per heavy atom. The minimum absolute atomic E-state index is 0.0664. The van der Waals surface area contributed by atoms with Crippen LogP contribution < -0.4 is 10.3 Å². The molecule has 0 unspecified atom stereocenters. The fraction of sp³-hybridized carbons (Fsp3) is 0.333. The van der Waals surface area contributed by atoms with Crippen molar-refractivity contribution in [3.05, 3.63) is 80.8 Å². The van der Waals surface area contributed by atoms with Gasteiger partial charge in [-0.2, -0.15) is 0 Å². The lowest BCUT2D eigenvalue weighted by atomic mass is 10.1. The van der Waals surface area contributed by atoms with Gasteiger partial charge in [-0.3, -0.25) is 24.1 Å². The van der Waals surface area contributed by atoms with E-state index in [0.29, 0.717) is 23.2 Å². The molecule has 172 valence electrons. The van der Waals surface area contributed by atoms with Crippen LogP contribution in [0, 0.1) is 32.4 Å². The van der Waals surface area contributed by atoms with E-state index in [4.69, 9.17) is 4.74 Å². The Morgan fingerprint density at radius 1 is 1.00 bits per heavy atom. The van der Waals surface area contributed by atoms with Crippen molar-refractivity contribution >= 4 is 6.29 Å². The molecule has 0 fully saturated rings. The van der Waals surface area contributed by atoms with Crippen LogP contribution in [0.4, 0.5) is 8.78 Å². The first-order chi connectivity index (χ1) is 15.3. The lowest BCUT2D eigenvalue weighted by Gasteiger charge is -2.17. The third-order valence-electron chi connectivity index (χ3n) is 4.29. The van der Waals surface area contributed by atoms with Gasteiger partial charge < -0.3 is 4.74 Å². The Hall–Kier alpha value is -3.42. The molecule has 0 N–H and O–H groups in total. The van der Waals surface area contributed by atoms with Gasteiger partial charge in [0.05, 0.1) is 17.4 Å². The summed E-state index contributed by atoms with van der Waals surface area (Å²) in [5.74, 6) is -1.33. The topological polar surface area (TPSA) is 74.1 Å². The van der Waals surface area contributed by atoms with Crippen LogP contribution in [-0.2, 0) is 6.61 Å². The first-order valence-corrected chi connectivity index (χ1v) is 10.4. The van der Waals surface area contributed by atoms with Crippen LogP contribution in [0.3, 0.4) is 0 Å². The molecular weight excluding hydrogens is 416 g/mol. The molecule has 3 aromatic rings. The molecular formula is C24H29F2N3O3. The summed E-state index contributed by atoms with van der Waals surface area (Å²) in [6.45, 7) is 12.8. The maximum Gasteiger partial charge on any atom is 0.261 e. The summed E-state index contributed by atoms with van der Waals surface area (Å²) in [4.78, 5) is 31.6. The average Bonchev–Trinajstić information content (AvgIpc) is 2.80. The first-order valence-electron chi connectivity index (χ1n) is 10.4. The predicted molar refractivity (Wildman–Crippen MR) is 121 cm³/mol. The van der Waals surface area contributed by atoms with E-state index in [2.05, 4.69) is 9.97 Å². The Bertz CT molecular complexity index is 1130. The highest BCUT2D eigenvalue weighted by atomic mass is 19.1. The van der Waals surface area contributed by atoms with Crippen LogP contribution in [0.2, 0.25) is 0 Å². The first kappa shape index (κ1) is 26.6. The summed E-state index contributed by atoms with van der Waals surface area (Å²) in [6, 6.07) is 3.89. The van der Waals surface area contributed by atoms with Crippen LogP contribution >= 0.6 is 0 Å². The maximum absolute atomic E-state index is 13.7. The van der Waals surface area contributed by atoms with Gasteiger partial charge in [0.15, 0.2) is 12.1 Å². The minimum atomic E-state index is -0.823. The number of carbonyl (C=O) groups excluding carboxylic acids is 1. The van der Waals surface area contributed by atoms with Gasteiger partial charge in [0, 0.05) is 24.0 Å². The molecule has 3 rings (SSSR count). The Kier molecular flexibility index (Phi) is 10.3. The zero-order chi connectivity index (χ0) is 24.4. The Labute approximate surface area is 186 Å². The number of ether oxygens (including phenoxy) is 1. The highest BCUT2D eigenvalue weighted by Crippen LogP contribution is 2.22. The van der Waals surface area contributed by atoms with Crippen LogP contribution in [0.5, 0.6) is 5.75 Å². The normalized spacial score (nSPS) is 9.78. The highest BCUT2D eigenvalue weighted by Gasteiger charge is 2.15. The fourth-order valence-electron chi connectivity index (χ4n) is 2.77. The van der Waals surface area contributed by atoms with Crippen molar-refractivity contribution in [1.29, 1.82) is 0 Å². The largest absolute Gasteiger partial charge is 0.487 e. The van der Waals surface area contributed by atoms with E-state index >= 15 is 0 Å². The molecule has 3 aromatic heterocycles. The van der Waals surface area contributed by atoms with Crippen molar-refractivity contribution in [2.45, 2.75) is 55.1 Å². The Balaban J connectivity index is 0.00000121. The standard InChI is InChI=1S/C20H17F2N3O3.2C2H6/c1-11-7-23-15(9-26)6-18(11)25-12(2)4-19(13(3)20(25)27)28-10-17-16(22)5-14(21)8-24-17;2*1-2/h4-9H,10H2,1-3H3;2*1-2H3. The maximum atomic E-state index is 13.7. The third-order valence-corrected chi connectivity index (χ3v) is 4.29. The monoisotopic (exact) mass is 445 g/mol. The van der Waals surface area contributed by atoms with Crippen molar-refractivity contribution < 1.29 is 18.3 Å². The zero-order valence-corrected chi connectivity index (χ0v) is 19.5. The smallest absolute Gasteiger partial charge is 0.261 e. The summed E-state index contributed by atoms with van der Waals surface area (Å²) in [6.07, 6.45) is 3.03. The van der Waals surface area contributed by atoms with Gasteiger partial charge in [-0.25, -0.2) is 8.78 Å². The molecule has 8 heteroatoms. The molecule has 0 aliphatic rings. The molecule has 0 bridgehead atoms. The number of hydrogen-bond donors (Lipinski definition) is 0. The molecule has 6 nitrogen and oxygen atoms in total. The molecule has 0 saturated heterocycles. The number of rotatable bonds is 5. The third kappa shape index (κ3) is 6.06. The van der Waals surface area contributed by atoms with E-state index in [9.17, 15) is 18.4 Å². The van der Waals surface area contributed by atoms with E-state index in [-0.39, 0.29) is 29.3 Å². The summed E-state index contributed by atoms with van der Waals surface area (Å²) in [5.41, 5.74) is 1.93. The van der Waals surface area contributed by atoms with Crippen molar-refractivity contribution in [1.82, 2.24) is 14.5 Å². The van der Waals surface area contributed by atoms with Gasteiger partial charge in [-0.1, -0.05) is 27.7 Å². The number of hydrogen-bond acceptors (Lipinski definition) is 5. The fourth-order valence-corrected chi connectivity index (χ4v) is 2.77. The summed E-state index contributed by atoms with van der Waals surface area (Å²) in [5, 5.41) is 0. The summed E-state index contributed by atoms with van der Waals surface area (Å²) >= 11 is 0. The number of pyridine rings is 3. The quantitative estimate of drug-likeness (QED) is 0.500. The number of aldehydes is 1. The SMILES string of the molecule is CC.CC.Cc1cnc(C=O)cc1-n1c(C)cc(OCc2ncc(F)cc2F)c(C)c1=O. The van der Waals surface area contributed by atoms with E-state index in [1.54, 1.807) is 26.8 Å². The van der Waals surface area contributed by atoms with Crippen molar-refractivity contribution in [2.24, 2.45) is 0 Å². The van der Waals surface area contributed by atoms with Crippen LogP contribution in [0.1, 0.15) is 60.7 Å². The molecule has 0 aromatic carbocycles. The molecule has 0 spiro atoms. The Morgan fingerprint density at radius 2 is 1.66 bits per heavy atom. The highest BCUT2D eigenvalue weighted by molar-refractivity contribution is 5.73. The van der Waals surface area contributed by atoms with Gasteiger partial charge in [0.2, 0.25) is 0 Å². The van der Waals surface area contributed by atoms with Crippen LogP contribution in [0.15, 0.2) is 35.4 Å². The van der Waals surface area contributed by atoms with Crippen molar-refractivity contribution in [3.63, 3.8) is 0 Å². The van der Waals surface area contributed by atoms with Gasteiger partial charge in [-0.05, 0) is 32.4 Å². The summed E-state index contributed by atoms with van der Waals surface area (Å²) < 4.78 is 33.7. The number of carbonyl (C=O) groups is 1. The minimum Gasteiger partial charge on any atom is -0.487 e. The summed E-state index contributed by atoms with van der Waals surface area (Å²) in [7, 11) is 0. The van der Waals surface area contributed by atoms with E-state index in [1.807, 2.05) is 27.7 Å². The van der Waals surface area contributed by atoms with Gasteiger partial charge in [0.1, 0.15) is 29.6 Å². The molecule has 0 saturated carbocycles. The van der Waals surface area contributed by atoms with E-state index < -0.39 is 11.6 Å². The number of nitrogens with zero attached hydrogens (tertiary/aromatic N) is 3. The molecule has 0 radical (unpaired) electrons.